The fourth-order valence-electron chi connectivity index (χ4n) is 3.13. The zero-order valence-electron chi connectivity index (χ0n) is 17.6. The molecule has 1 N–H and O–H groups in total. The summed E-state index contributed by atoms with van der Waals surface area (Å²) in [6.07, 6.45) is -0.525. The lowest BCUT2D eigenvalue weighted by atomic mass is 9.87. The van der Waals surface area contributed by atoms with E-state index in [0.717, 1.165) is 16.7 Å². The summed E-state index contributed by atoms with van der Waals surface area (Å²) in [5.41, 5.74) is 3.43. The molecule has 0 aliphatic carbocycles. The lowest BCUT2D eigenvalue weighted by molar-refractivity contribution is -0.146. The van der Waals surface area contributed by atoms with Crippen LogP contribution in [-0.4, -0.2) is 18.4 Å². The molecule has 3 aromatic carbocycles. The highest BCUT2D eigenvalue weighted by atomic mass is 16.5. The van der Waals surface area contributed by atoms with Crippen LogP contribution in [0.25, 0.3) is 0 Å². The minimum absolute atomic E-state index is 0.0166. The molecule has 0 aliphatic heterocycles. The van der Waals surface area contributed by atoms with Gasteiger partial charge in [0.2, 0.25) is 0 Å². The number of amides is 1. The second kappa shape index (κ2) is 9.40. The Hall–Kier alpha value is -3.40. The first kappa shape index (κ1) is 21.3. The molecule has 1 amide bonds. The minimum Gasteiger partial charge on any atom is -0.451 e. The standard InChI is InChI=1S/C26H27NO3/c1-26(2,3)22-16-14-21(15-17-22)25(29)27-18-23(28)30-24(19-10-6-4-7-11-19)20-12-8-5-9-13-20/h4-17,24H,18H2,1-3H3,(H,27,29). The summed E-state index contributed by atoms with van der Waals surface area (Å²) >= 11 is 0. The summed E-state index contributed by atoms with van der Waals surface area (Å²) in [5, 5.41) is 2.65. The first-order valence-corrected chi connectivity index (χ1v) is 10.0. The van der Waals surface area contributed by atoms with Gasteiger partial charge in [0.25, 0.3) is 5.91 Å². The van der Waals surface area contributed by atoms with Crippen LogP contribution in [0.1, 0.15) is 53.9 Å². The average Bonchev–Trinajstić information content (AvgIpc) is 2.76. The maximum absolute atomic E-state index is 12.5. The summed E-state index contributed by atoms with van der Waals surface area (Å²) in [6, 6.07) is 26.5. The van der Waals surface area contributed by atoms with Crippen molar-refractivity contribution in [3.8, 4) is 0 Å². The fraction of sp³-hybridized carbons (Fsp3) is 0.231. The Morgan fingerprint density at radius 2 is 1.30 bits per heavy atom. The molecule has 0 atom stereocenters. The largest absolute Gasteiger partial charge is 0.451 e. The van der Waals surface area contributed by atoms with Crippen LogP contribution >= 0.6 is 0 Å². The number of carbonyl (C=O) groups is 2. The predicted octanol–water partition coefficient (Wildman–Crippen LogP) is 5.05. The van der Waals surface area contributed by atoms with E-state index in [2.05, 4.69) is 26.1 Å². The third-order valence-electron chi connectivity index (χ3n) is 4.86. The molecule has 0 fully saturated rings. The van der Waals surface area contributed by atoms with E-state index in [4.69, 9.17) is 4.74 Å². The topological polar surface area (TPSA) is 55.4 Å². The number of hydrogen-bond acceptors (Lipinski definition) is 3. The van der Waals surface area contributed by atoms with Gasteiger partial charge in [-0.05, 0) is 34.2 Å². The molecule has 30 heavy (non-hydrogen) atoms. The molecule has 4 nitrogen and oxygen atoms in total. The van der Waals surface area contributed by atoms with Gasteiger partial charge in [-0.1, -0.05) is 93.6 Å². The molecule has 0 heterocycles. The van der Waals surface area contributed by atoms with Crippen molar-refractivity contribution in [2.45, 2.75) is 32.3 Å². The Bertz CT molecular complexity index is 935. The van der Waals surface area contributed by atoms with Gasteiger partial charge in [-0.3, -0.25) is 9.59 Å². The maximum Gasteiger partial charge on any atom is 0.326 e. The van der Waals surface area contributed by atoms with Crippen molar-refractivity contribution in [3.05, 3.63) is 107 Å². The maximum atomic E-state index is 12.5. The van der Waals surface area contributed by atoms with Crippen molar-refractivity contribution < 1.29 is 14.3 Å². The number of rotatable bonds is 6. The molecule has 0 bridgehead atoms. The van der Waals surface area contributed by atoms with Crippen molar-refractivity contribution in [3.63, 3.8) is 0 Å². The van der Waals surface area contributed by atoms with Gasteiger partial charge >= 0.3 is 5.97 Å². The van der Waals surface area contributed by atoms with Crippen LogP contribution in [-0.2, 0) is 14.9 Å². The molecule has 0 aliphatic rings. The lowest BCUT2D eigenvalue weighted by Gasteiger charge is -2.19. The quantitative estimate of drug-likeness (QED) is 0.588. The van der Waals surface area contributed by atoms with Gasteiger partial charge in [-0.15, -0.1) is 0 Å². The number of hydrogen-bond donors (Lipinski definition) is 1. The van der Waals surface area contributed by atoms with E-state index in [9.17, 15) is 9.59 Å². The van der Waals surface area contributed by atoms with Gasteiger partial charge in [0, 0.05) is 5.56 Å². The van der Waals surface area contributed by atoms with Crippen molar-refractivity contribution in [1.29, 1.82) is 0 Å². The van der Waals surface area contributed by atoms with Crippen molar-refractivity contribution in [2.24, 2.45) is 0 Å². The van der Waals surface area contributed by atoms with Crippen molar-refractivity contribution in [2.75, 3.05) is 6.54 Å². The number of esters is 1. The number of ether oxygens (including phenoxy) is 1. The molecule has 0 spiro atoms. The second-order valence-electron chi connectivity index (χ2n) is 8.20. The number of benzene rings is 3. The van der Waals surface area contributed by atoms with E-state index in [1.54, 1.807) is 12.1 Å². The molecule has 0 unspecified atom stereocenters. The van der Waals surface area contributed by atoms with E-state index in [0.29, 0.717) is 5.56 Å². The van der Waals surface area contributed by atoms with Crippen LogP contribution in [0.4, 0.5) is 0 Å². The van der Waals surface area contributed by atoms with Gasteiger partial charge < -0.3 is 10.1 Å². The smallest absolute Gasteiger partial charge is 0.326 e. The van der Waals surface area contributed by atoms with Gasteiger partial charge in [0.05, 0.1) is 0 Å². The van der Waals surface area contributed by atoms with Gasteiger partial charge in [-0.25, -0.2) is 0 Å². The highest BCUT2D eigenvalue weighted by Gasteiger charge is 2.20. The summed E-state index contributed by atoms with van der Waals surface area (Å²) in [7, 11) is 0. The normalized spacial score (nSPS) is 11.2. The van der Waals surface area contributed by atoms with E-state index in [1.807, 2.05) is 72.8 Å². The molecule has 0 saturated carbocycles. The molecule has 3 aromatic rings. The third-order valence-corrected chi connectivity index (χ3v) is 4.86. The monoisotopic (exact) mass is 401 g/mol. The molecule has 0 radical (unpaired) electrons. The molecule has 0 aromatic heterocycles. The Morgan fingerprint density at radius 3 is 1.77 bits per heavy atom. The highest BCUT2D eigenvalue weighted by Crippen LogP contribution is 2.26. The molecule has 3 rings (SSSR count). The highest BCUT2D eigenvalue weighted by molar-refractivity contribution is 5.96. The van der Waals surface area contributed by atoms with E-state index >= 15 is 0 Å². The van der Waals surface area contributed by atoms with Gasteiger partial charge in [0.15, 0.2) is 6.10 Å². The Morgan fingerprint density at radius 1 is 0.800 bits per heavy atom. The molecule has 154 valence electrons. The SMILES string of the molecule is CC(C)(C)c1ccc(C(=O)NCC(=O)OC(c2ccccc2)c2ccccc2)cc1. The van der Waals surface area contributed by atoms with Crippen molar-refractivity contribution >= 4 is 11.9 Å². The van der Waals surface area contributed by atoms with E-state index in [-0.39, 0.29) is 17.9 Å². The van der Waals surface area contributed by atoms with Gasteiger partial charge in [-0.2, -0.15) is 0 Å². The average molecular weight is 402 g/mol. The molecular formula is C26H27NO3. The van der Waals surface area contributed by atoms with Crippen LogP contribution in [0, 0.1) is 0 Å². The molecule has 4 heteroatoms. The Balaban J connectivity index is 1.64. The second-order valence-corrected chi connectivity index (χ2v) is 8.20. The zero-order chi connectivity index (χ0) is 21.6. The Labute approximate surface area is 177 Å². The summed E-state index contributed by atoms with van der Waals surface area (Å²) in [6.45, 7) is 6.16. The number of nitrogens with one attached hydrogen (secondary N) is 1. The van der Waals surface area contributed by atoms with Crippen LogP contribution in [0.5, 0.6) is 0 Å². The van der Waals surface area contributed by atoms with Crippen LogP contribution < -0.4 is 5.32 Å². The summed E-state index contributed by atoms with van der Waals surface area (Å²) in [5.74, 6) is -0.796. The lowest BCUT2D eigenvalue weighted by Crippen LogP contribution is -2.31. The van der Waals surface area contributed by atoms with E-state index in [1.165, 1.54) is 0 Å². The van der Waals surface area contributed by atoms with Crippen LogP contribution in [0.15, 0.2) is 84.9 Å². The molecular weight excluding hydrogens is 374 g/mol. The number of carbonyl (C=O) groups excluding carboxylic acids is 2. The van der Waals surface area contributed by atoms with E-state index < -0.39 is 12.1 Å². The fourth-order valence-corrected chi connectivity index (χ4v) is 3.13. The van der Waals surface area contributed by atoms with Crippen molar-refractivity contribution in [1.82, 2.24) is 5.32 Å². The van der Waals surface area contributed by atoms with Crippen LogP contribution in [0.3, 0.4) is 0 Å². The first-order valence-electron chi connectivity index (χ1n) is 10.0. The van der Waals surface area contributed by atoms with Gasteiger partial charge in [0.1, 0.15) is 6.54 Å². The minimum atomic E-state index is -0.525. The predicted molar refractivity (Wildman–Crippen MR) is 118 cm³/mol. The first-order chi connectivity index (χ1) is 14.3. The summed E-state index contributed by atoms with van der Waals surface area (Å²) < 4.78 is 5.72. The summed E-state index contributed by atoms with van der Waals surface area (Å²) in [4.78, 5) is 24.9. The zero-order valence-corrected chi connectivity index (χ0v) is 17.6. The van der Waals surface area contributed by atoms with Crippen LogP contribution in [0.2, 0.25) is 0 Å². The Kier molecular flexibility index (Phi) is 6.68. The molecule has 0 saturated heterocycles. The third kappa shape index (κ3) is 5.57.